The monoisotopic (exact) mass is 331 g/mol. The molecule has 0 heterocycles. The number of carbonyl (C=O) groups excluding carboxylic acids is 1. The molecule has 4 nitrogen and oxygen atoms in total. The smallest absolute Gasteiger partial charge is 0.261 e. The summed E-state index contributed by atoms with van der Waals surface area (Å²) in [6.07, 6.45) is 0.851. The van der Waals surface area contributed by atoms with Crippen LogP contribution in [0.5, 0.6) is 0 Å². The summed E-state index contributed by atoms with van der Waals surface area (Å²) in [6, 6.07) is 1.70. The second kappa shape index (κ2) is 6.79. The van der Waals surface area contributed by atoms with Crippen molar-refractivity contribution in [2.45, 2.75) is 45.9 Å². The fraction of sp³-hybridized carbons (Fsp3) is 0.533. The molecule has 0 aliphatic rings. The minimum Gasteiger partial charge on any atom is -0.339 e. The predicted octanol–water partition coefficient (Wildman–Crippen LogP) is 3.41. The second-order valence-electron chi connectivity index (χ2n) is 5.16. The molecule has 0 fully saturated rings. The molecule has 0 aliphatic heterocycles. The Morgan fingerprint density at radius 3 is 2.19 bits per heavy atom. The van der Waals surface area contributed by atoms with Crippen LogP contribution in [-0.2, 0) is 9.05 Å². The van der Waals surface area contributed by atoms with Crippen molar-refractivity contribution in [2.24, 2.45) is 0 Å². The molecule has 118 valence electrons. The molecule has 0 aliphatic carbocycles. The number of amides is 1. The van der Waals surface area contributed by atoms with E-state index in [1.54, 1.807) is 24.8 Å². The third-order valence-electron chi connectivity index (χ3n) is 3.52. The lowest BCUT2D eigenvalue weighted by molar-refractivity contribution is 0.0762. The summed E-state index contributed by atoms with van der Waals surface area (Å²) in [5, 5.41) is 0. The van der Waals surface area contributed by atoms with E-state index < -0.39 is 9.05 Å². The van der Waals surface area contributed by atoms with E-state index >= 15 is 0 Å². The summed E-state index contributed by atoms with van der Waals surface area (Å²) in [6.45, 7) is 10.3. The van der Waals surface area contributed by atoms with Gasteiger partial charge < -0.3 is 4.90 Å². The Kier molecular flexibility index (Phi) is 5.82. The zero-order valence-electron chi connectivity index (χ0n) is 13.2. The van der Waals surface area contributed by atoms with E-state index in [-0.39, 0.29) is 10.8 Å². The second-order valence-corrected chi connectivity index (χ2v) is 7.66. The fourth-order valence-corrected chi connectivity index (χ4v) is 4.33. The molecule has 0 unspecified atom stereocenters. The highest BCUT2D eigenvalue weighted by Crippen LogP contribution is 2.29. The van der Waals surface area contributed by atoms with Crippen molar-refractivity contribution >= 4 is 25.6 Å². The Morgan fingerprint density at radius 1 is 1.19 bits per heavy atom. The van der Waals surface area contributed by atoms with E-state index in [4.69, 9.17) is 10.7 Å². The topological polar surface area (TPSA) is 54.5 Å². The highest BCUT2D eigenvalue weighted by atomic mass is 35.7. The van der Waals surface area contributed by atoms with Crippen molar-refractivity contribution in [3.8, 4) is 0 Å². The number of rotatable bonds is 5. The molecule has 0 radical (unpaired) electrons. The molecule has 0 bridgehead atoms. The van der Waals surface area contributed by atoms with Gasteiger partial charge >= 0.3 is 0 Å². The number of halogens is 1. The molecule has 0 spiro atoms. The molecular formula is C15H22ClNO3S. The number of hydrogen-bond acceptors (Lipinski definition) is 3. The zero-order chi connectivity index (χ0) is 16.4. The van der Waals surface area contributed by atoms with Crippen molar-refractivity contribution < 1.29 is 13.2 Å². The first-order chi connectivity index (χ1) is 9.65. The van der Waals surface area contributed by atoms with E-state index in [0.717, 1.165) is 12.0 Å². The highest BCUT2D eigenvalue weighted by Gasteiger charge is 2.25. The van der Waals surface area contributed by atoms with Crippen molar-refractivity contribution in [3.05, 3.63) is 28.3 Å². The lowest BCUT2D eigenvalue weighted by atomic mass is 9.98. The van der Waals surface area contributed by atoms with Crippen LogP contribution in [0.3, 0.4) is 0 Å². The van der Waals surface area contributed by atoms with Gasteiger partial charge in [-0.05, 0) is 50.8 Å². The number of hydrogen-bond donors (Lipinski definition) is 0. The van der Waals surface area contributed by atoms with Crippen LogP contribution in [0.15, 0.2) is 11.0 Å². The maximum absolute atomic E-state index is 12.7. The van der Waals surface area contributed by atoms with Crippen molar-refractivity contribution in [1.82, 2.24) is 4.90 Å². The zero-order valence-corrected chi connectivity index (χ0v) is 14.7. The molecule has 0 aromatic heterocycles. The van der Waals surface area contributed by atoms with Gasteiger partial charge in [0.05, 0.1) is 4.90 Å². The van der Waals surface area contributed by atoms with Gasteiger partial charge in [0.1, 0.15) is 0 Å². The van der Waals surface area contributed by atoms with Crippen LogP contribution in [0.2, 0.25) is 0 Å². The van der Waals surface area contributed by atoms with Crippen molar-refractivity contribution in [1.29, 1.82) is 0 Å². The number of nitrogens with zero attached hydrogens (tertiary/aromatic N) is 1. The van der Waals surface area contributed by atoms with Gasteiger partial charge in [-0.15, -0.1) is 0 Å². The average Bonchev–Trinajstić information content (AvgIpc) is 2.32. The molecule has 0 saturated carbocycles. The Morgan fingerprint density at radius 2 is 1.76 bits per heavy atom. The number of carbonyl (C=O) groups is 1. The number of benzene rings is 1. The Bertz CT molecular complexity index is 653. The summed E-state index contributed by atoms with van der Waals surface area (Å²) < 4.78 is 23.5. The Labute approximate surface area is 131 Å². The molecule has 21 heavy (non-hydrogen) atoms. The van der Waals surface area contributed by atoms with Crippen LogP contribution in [0, 0.1) is 20.8 Å². The molecule has 1 aromatic carbocycles. The van der Waals surface area contributed by atoms with Gasteiger partial charge in [0.25, 0.3) is 15.0 Å². The molecule has 6 heteroatoms. The lowest BCUT2D eigenvalue weighted by Gasteiger charge is -2.23. The minimum atomic E-state index is -3.88. The van der Waals surface area contributed by atoms with Gasteiger partial charge in [0, 0.05) is 29.3 Å². The molecule has 1 amide bonds. The Hall–Kier alpha value is -1.07. The molecule has 0 N–H and O–H groups in total. The predicted molar refractivity (Wildman–Crippen MR) is 85.6 cm³/mol. The largest absolute Gasteiger partial charge is 0.339 e. The summed E-state index contributed by atoms with van der Waals surface area (Å²) >= 11 is 0. The van der Waals surface area contributed by atoms with E-state index in [1.807, 2.05) is 20.8 Å². The summed E-state index contributed by atoms with van der Waals surface area (Å²) in [5.41, 5.74) is 2.21. The van der Waals surface area contributed by atoms with E-state index in [0.29, 0.717) is 29.8 Å². The minimum absolute atomic E-state index is 0.0469. The van der Waals surface area contributed by atoms with Crippen LogP contribution in [0.25, 0.3) is 0 Å². The molecule has 0 atom stereocenters. The summed E-state index contributed by atoms with van der Waals surface area (Å²) in [4.78, 5) is 14.5. The molecule has 1 rings (SSSR count). The Balaban J connectivity index is 3.54. The molecule has 0 saturated heterocycles. The maximum atomic E-state index is 12.7. The van der Waals surface area contributed by atoms with Gasteiger partial charge in [0.15, 0.2) is 0 Å². The third-order valence-corrected chi connectivity index (χ3v) is 5.10. The first-order valence-electron chi connectivity index (χ1n) is 6.99. The summed E-state index contributed by atoms with van der Waals surface area (Å²) in [5.74, 6) is -0.143. The highest BCUT2D eigenvalue weighted by molar-refractivity contribution is 8.13. The third kappa shape index (κ3) is 3.77. The van der Waals surface area contributed by atoms with Crippen LogP contribution in [0.1, 0.15) is 47.3 Å². The van der Waals surface area contributed by atoms with E-state index in [1.165, 1.54) is 0 Å². The van der Waals surface area contributed by atoms with Crippen molar-refractivity contribution in [2.75, 3.05) is 13.1 Å². The van der Waals surface area contributed by atoms with Crippen LogP contribution < -0.4 is 0 Å². The average molecular weight is 332 g/mol. The van der Waals surface area contributed by atoms with Gasteiger partial charge in [-0.1, -0.05) is 13.0 Å². The van der Waals surface area contributed by atoms with Crippen LogP contribution in [-0.4, -0.2) is 32.3 Å². The van der Waals surface area contributed by atoms with Gasteiger partial charge in [-0.25, -0.2) is 8.42 Å². The van der Waals surface area contributed by atoms with E-state index in [9.17, 15) is 13.2 Å². The van der Waals surface area contributed by atoms with E-state index in [2.05, 4.69) is 0 Å². The number of aryl methyl sites for hydroxylation is 2. The summed E-state index contributed by atoms with van der Waals surface area (Å²) in [7, 11) is 1.64. The first-order valence-corrected chi connectivity index (χ1v) is 9.30. The van der Waals surface area contributed by atoms with Gasteiger partial charge in [-0.3, -0.25) is 4.79 Å². The first kappa shape index (κ1) is 18.0. The van der Waals surface area contributed by atoms with Crippen LogP contribution in [0.4, 0.5) is 0 Å². The SMILES string of the molecule is CCCN(CC)C(=O)c1c(C)cc(C)c(S(=O)(=O)Cl)c1C. The van der Waals surface area contributed by atoms with Crippen molar-refractivity contribution in [3.63, 3.8) is 0 Å². The lowest BCUT2D eigenvalue weighted by Crippen LogP contribution is -2.32. The molecular weight excluding hydrogens is 310 g/mol. The van der Waals surface area contributed by atoms with Gasteiger partial charge in [0.2, 0.25) is 0 Å². The van der Waals surface area contributed by atoms with Crippen LogP contribution >= 0.6 is 10.7 Å². The van der Waals surface area contributed by atoms with Gasteiger partial charge in [-0.2, -0.15) is 0 Å². The standard InChI is InChI=1S/C15H22ClNO3S/c1-6-8-17(7-2)15(18)13-10(3)9-11(4)14(12(13)5)21(16,19)20/h9H,6-8H2,1-5H3. The fourth-order valence-electron chi connectivity index (χ4n) is 2.70. The normalized spacial score (nSPS) is 11.5. The molecule has 1 aromatic rings. The quantitative estimate of drug-likeness (QED) is 0.777. The maximum Gasteiger partial charge on any atom is 0.261 e.